The molecule has 0 saturated carbocycles. The number of rotatable bonds is 2. The standard InChI is InChI=1S/C12H15N3/c1-9(6-13)11-5-3-4-10-7-14-8-15(2)12(10)11/h3-5,7H,1,6,8,13H2,2H3. The first-order valence-electron chi connectivity index (χ1n) is 4.96. The van der Waals surface area contributed by atoms with Gasteiger partial charge in [-0.1, -0.05) is 24.8 Å². The normalized spacial score (nSPS) is 13.9. The maximum Gasteiger partial charge on any atom is 0.110 e. The lowest BCUT2D eigenvalue weighted by molar-refractivity contribution is 0.920. The summed E-state index contributed by atoms with van der Waals surface area (Å²) in [6.07, 6.45) is 1.91. The van der Waals surface area contributed by atoms with Crippen molar-refractivity contribution in [2.24, 2.45) is 10.7 Å². The van der Waals surface area contributed by atoms with Crippen molar-refractivity contribution in [1.29, 1.82) is 0 Å². The molecule has 0 bridgehead atoms. The minimum atomic E-state index is 0.488. The van der Waals surface area contributed by atoms with E-state index in [0.29, 0.717) is 13.2 Å². The monoisotopic (exact) mass is 201 g/mol. The van der Waals surface area contributed by atoms with Gasteiger partial charge in [-0.3, -0.25) is 4.99 Å². The summed E-state index contributed by atoms with van der Waals surface area (Å²) >= 11 is 0. The van der Waals surface area contributed by atoms with E-state index in [4.69, 9.17) is 5.73 Å². The highest BCUT2D eigenvalue weighted by Gasteiger charge is 2.15. The summed E-state index contributed by atoms with van der Waals surface area (Å²) in [6.45, 7) is 5.17. The minimum absolute atomic E-state index is 0.488. The summed E-state index contributed by atoms with van der Waals surface area (Å²) in [6, 6.07) is 6.13. The number of nitrogens with zero attached hydrogens (tertiary/aromatic N) is 2. The first-order valence-corrected chi connectivity index (χ1v) is 4.96. The molecule has 1 aromatic rings. The summed E-state index contributed by atoms with van der Waals surface area (Å²) in [4.78, 5) is 6.38. The molecular weight excluding hydrogens is 186 g/mol. The van der Waals surface area contributed by atoms with Gasteiger partial charge in [0.25, 0.3) is 0 Å². The second-order valence-corrected chi connectivity index (χ2v) is 3.70. The van der Waals surface area contributed by atoms with E-state index in [2.05, 4.69) is 28.6 Å². The Balaban J connectivity index is 2.57. The van der Waals surface area contributed by atoms with E-state index < -0.39 is 0 Å². The van der Waals surface area contributed by atoms with E-state index in [0.717, 1.165) is 16.7 Å². The Labute approximate surface area is 89.9 Å². The third kappa shape index (κ3) is 1.66. The molecule has 2 N–H and O–H groups in total. The van der Waals surface area contributed by atoms with Crippen LogP contribution in [0, 0.1) is 0 Å². The molecule has 0 spiro atoms. The van der Waals surface area contributed by atoms with Crippen LogP contribution in [0.4, 0.5) is 5.69 Å². The fourth-order valence-corrected chi connectivity index (χ4v) is 1.82. The molecule has 78 valence electrons. The summed E-state index contributed by atoms with van der Waals surface area (Å²) in [5.41, 5.74) is 10.0. The van der Waals surface area contributed by atoms with Gasteiger partial charge in [0.1, 0.15) is 6.67 Å². The van der Waals surface area contributed by atoms with Crippen LogP contribution in [0.2, 0.25) is 0 Å². The Morgan fingerprint density at radius 1 is 1.60 bits per heavy atom. The molecule has 15 heavy (non-hydrogen) atoms. The van der Waals surface area contributed by atoms with Crippen molar-refractivity contribution < 1.29 is 0 Å². The fraction of sp³-hybridized carbons (Fsp3) is 0.250. The summed E-state index contributed by atoms with van der Waals surface area (Å²) < 4.78 is 0. The number of nitrogens with two attached hydrogens (primary N) is 1. The summed E-state index contributed by atoms with van der Waals surface area (Å²) in [5, 5.41) is 0. The van der Waals surface area contributed by atoms with Crippen LogP contribution in [0.25, 0.3) is 5.57 Å². The van der Waals surface area contributed by atoms with Crippen LogP contribution in [0.3, 0.4) is 0 Å². The Morgan fingerprint density at radius 2 is 2.40 bits per heavy atom. The molecule has 3 nitrogen and oxygen atoms in total. The second-order valence-electron chi connectivity index (χ2n) is 3.70. The molecule has 0 amide bonds. The second kappa shape index (κ2) is 3.87. The maximum atomic E-state index is 5.63. The topological polar surface area (TPSA) is 41.6 Å². The molecule has 1 heterocycles. The molecular formula is C12H15N3. The Bertz CT molecular complexity index is 421. The zero-order chi connectivity index (χ0) is 10.8. The molecule has 0 radical (unpaired) electrons. The van der Waals surface area contributed by atoms with Crippen LogP contribution in [0.5, 0.6) is 0 Å². The van der Waals surface area contributed by atoms with Gasteiger partial charge in [0, 0.05) is 30.9 Å². The number of hydrogen-bond acceptors (Lipinski definition) is 3. The highest BCUT2D eigenvalue weighted by Crippen LogP contribution is 2.30. The van der Waals surface area contributed by atoms with E-state index in [1.807, 2.05) is 19.3 Å². The number of hydrogen-bond donors (Lipinski definition) is 1. The number of para-hydroxylation sites is 1. The van der Waals surface area contributed by atoms with Gasteiger partial charge in [-0.2, -0.15) is 0 Å². The van der Waals surface area contributed by atoms with Crippen molar-refractivity contribution >= 4 is 17.5 Å². The number of anilines is 1. The number of aliphatic imine (C=N–C) groups is 1. The summed E-state index contributed by atoms with van der Waals surface area (Å²) in [7, 11) is 2.03. The van der Waals surface area contributed by atoms with E-state index in [-0.39, 0.29) is 0 Å². The number of benzene rings is 1. The lowest BCUT2D eigenvalue weighted by Gasteiger charge is -2.26. The van der Waals surface area contributed by atoms with Crippen molar-refractivity contribution in [3.05, 3.63) is 35.9 Å². The predicted molar refractivity (Wildman–Crippen MR) is 65.4 cm³/mol. The van der Waals surface area contributed by atoms with Gasteiger partial charge in [0.2, 0.25) is 0 Å². The van der Waals surface area contributed by atoms with Crippen LogP contribution in [0.1, 0.15) is 11.1 Å². The average Bonchev–Trinajstić information content (AvgIpc) is 2.28. The van der Waals surface area contributed by atoms with Gasteiger partial charge in [0.15, 0.2) is 0 Å². The van der Waals surface area contributed by atoms with E-state index in [9.17, 15) is 0 Å². The van der Waals surface area contributed by atoms with Crippen molar-refractivity contribution in [3.63, 3.8) is 0 Å². The number of fused-ring (bicyclic) bond motifs is 1. The zero-order valence-electron chi connectivity index (χ0n) is 8.90. The molecule has 0 aromatic heterocycles. The third-order valence-electron chi connectivity index (χ3n) is 2.60. The van der Waals surface area contributed by atoms with Crippen LogP contribution >= 0.6 is 0 Å². The van der Waals surface area contributed by atoms with Crippen LogP contribution < -0.4 is 10.6 Å². The molecule has 0 atom stereocenters. The largest absolute Gasteiger partial charge is 0.354 e. The van der Waals surface area contributed by atoms with Gasteiger partial charge in [0.05, 0.1) is 5.69 Å². The van der Waals surface area contributed by atoms with Crippen molar-refractivity contribution in [2.75, 3.05) is 25.2 Å². The smallest absolute Gasteiger partial charge is 0.110 e. The average molecular weight is 201 g/mol. The highest BCUT2D eigenvalue weighted by molar-refractivity contribution is 5.94. The molecule has 2 rings (SSSR count). The van der Waals surface area contributed by atoms with Crippen LogP contribution in [-0.2, 0) is 0 Å². The van der Waals surface area contributed by atoms with Crippen molar-refractivity contribution in [1.82, 2.24) is 0 Å². The van der Waals surface area contributed by atoms with Gasteiger partial charge in [-0.25, -0.2) is 0 Å². The van der Waals surface area contributed by atoms with E-state index in [1.165, 1.54) is 5.69 Å². The third-order valence-corrected chi connectivity index (χ3v) is 2.60. The van der Waals surface area contributed by atoms with Crippen LogP contribution in [0.15, 0.2) is 29.8 Å². The first-order chi connectivity index (χ1) is 7.24. The van der Waals surface area contributed by atoms with Gasteiger partial charge < -0.3 is 10.6 Å². The minimum Gasteiger partial charge on any atom is -0.354 e. The molecule has 1 aliphatic heterocycles. The summed E-state index contributed by atoms with van der Waals surface area (Å²) in [5.74, 6) is 0. The van der Waals surface area contributed by atoms with Crippen LogP contribution in [-0.4, -0.2) is 26.5 Å². The molecule has 1 aromatic carbocycles. The molecule has 0 saturated heterocycles. The van der Waals surface area contributed by atoms with Crippen molar-refractivity contribution in [3.8, 4) is 0 Å². The van der Waals surface area contributed by atoms with Gasteiger partial charge in [-0.05, 0) is 5.57 Å². The zero-order valence-corrected chi connectivity index (χ0v) is 8.90. The Hall–Kier alpha value is -1.61. The molecule has 0 aliphatic carbocycles. The maximum absolute atomic E-state index is 5.63. The van der Waals surface area contributed by atoms with E-state index in [1.54, 1.807) is 0 Å². The quantitative estimate of drug-likeness (QED) is 0.787. The lowest BCUT2D eigenvalue weighted by Crippen LogP contribution is -2.23. The molecule has 0 unspecified atom stereocenters. The molecule has 0 fully saturated rings. The Morgan fingerprint density at radius 3 is 3.13 bits per heavy atom. The van der Waals surface area contributed by atoms with E-state index >= 15 is 0 Å². The van der Waals surface area contributed by atoms with Crippen molar-refractivity contribution in [2.45, 2.75) is 0 Å². The lowest BCUT2D eigenvalue weighted by atomic mass is 10.00. The van der Waals surface area contributed by atoms with Gasteiger partial charge in [-0.15, -0.1) is 0 Å². The molecule has 1 aliphatic rings. The SMILES string of the molecule is C=C(CN)c1cccc2c1N(C)CN=C2. The fourth-order valence-electron chi connectivity index (χ4n) is 1.82. The predicted octanol–water partition coefficient (Wildman–Crippen LogP) is 1.48. The first kappa shape index (κ1) is 9.93. The van der Waals surface area contributed by atoms with Gasteiger partial charge >= 0.3 is 0 Å². The Kier molecular flexibility index (Phi) is 2.56. The highest BCUT2D eigenvalue weighted by atomic mass is 15.2. The molecule has 3 heteroatoms.